The number of nitrogens with two attached hydrogens (primary N) is 1. The third-order valence-corrected chi connectivity index (χ3v) is 3.25. The Labute approximate surface area is 102 Å². The molecule has 17 heavy (non-hydrogen) atoms. The minimum absolute atomic E-state index is 0.414. The Morgan fingerprint density at radius 1 is 1.29 bits per heavy atom. The standard InChI is InChI=1S/C13H19N3O/c1-10-4-2-3-5-11(10)9-17-13-8-15-12(6-14)7-16-13/h2-3,7-8,10-11H,4-6,9,14H2,1H3. The summed E-state index contributed by atoms with van der Waals surface area (Å²) in [5, 5.41) is 0. The van der Waals surface area contributed by atoms with Gasteiger partial charge in [-0.15, -0.1) is 0 Å². The molecule has 0 aliphatic heterocycles. The first-order valence-corrected chi connectivity index (χ1v) is 6.08. The zero-order chi connectivity index (χ0) is 12.1. The number of allylic oxidation sites excluding steroid dienone is 2. The minimum atomic E-state index is 0.414. The van der Waals surface area contributed by atoms with E-state index < -0.39 is 0 Å². The van der Waals surface area contributed by atoms with Crippen LogP contribution in [0.5, 0.6) is 5.88 Å². The molecule has 0 spiro atoms. The summed E-state index contributed by atoms with van der Waals surface area (Å²) in [6.07, 6.45) is 10.0. The average Bonchev–Trinajstić information content (AvgIpc) is 2.38. The van der Waals surface area contributed by atoms with E-state index in [2.05, 4.69) is 29.0 Å². The van der Waals surface area contributed by atoms with Gasteiger partial charge in [0.25, 0.3) is 0 Å². The molecule has 0 saturated carbocycles. The van der Waals surface area contributed by atoms with E-state index in [1.807, 2.05) is 0 Å². The highest BCUT2D eigenvalue weighted by Gasteiger charge is 2.18. The highest BCUT2D eigenvalue weighted by molar-refractivity contribution is 5.07. The van der Waals surface area contributed by atoms with Gasteiger partial charge >= 0.3 is 0 Å². The molecule has 0 bridgehead atoms. The van der Waals surface area contributed by atoms with Gasteiger partial charge in [0.05, 0.1) is 24.7 Å². The second kappa shape index (κ2) is 5.77. The Bertz CT molecular complexity index is 375. The monoisotopic (exact) mass is 233 g/mol. The largest absolute Gasteiger partial charge is 0.476 e. The molecule has 2 unspecified atom stereocenters. The molecular weight excluding hydrogens is 214 g/mol. The molecule has 0 amide bonds. The van der Waals surface area contributed by atoms with Gasteiger partial charge in [-0.3, -0.25) is 4.98 Å². The van der Waals surface area contributed by atoms with Crippen molar-refractivity contribution in [2.24, 2.45) is 17.6 Å². The summed E-state index contributed by atoms with van der Waals surface area (Å²) in [5.41, 5.74) is 6.24. The molecular formula is C13H19N3O. The number of hydrogen-bond acceptors (Lipinski definition) is 4. The topological polar surface area (TPSA) is 61.0 Å². The Morgan fingerprint density at radius 2 is 2.12 bits per heavy atom. The summed E-state index contributed by atoms with van der Waals surface area (Å²) in [6.45, 7) is 3.39. The molecule has 1 aliphatic carbocycles. The van der Waals surface area contributed by atoms with Crippen molar-refractivity contribution in [3.05, 3.63) is 30.2 Å². The van der Waals surface area contributed by atoms with Crippen LogP contribution in [0.4, 0.5) is 0 Å². The van der Waals surface area contributed by atoms with Crippen LogP contribution in [0.1, 0.15) is 25.5 Å². The first-order valence-electron chi connectivity index (χ1n) is 6.08. The summed E-state index contributed by atoms with van der Waals surface area (Å²) in [4.78, 5) is 8.33. The third kappa shape index (κ3) is 3.27. The van der Waals surface area contributed by atoms with Gasteiger partial charge in [0.2, 0.25) is 5.88 Å². The van der Waals surface area contributed by atoms with E-state index in [4.69, 9.17) is 10.5 Å². The van der Waals surface area contributed by atoms with E-state index >= 15 is 0 Å². The summed E-state index contributed by atoms with van der Waals surface area (Å²) >= 11 is 0. The van der Waals surface area contributed by atoms with E-state index in [0.717, 1.165) is 18.5 Å². The van der Waals surface area contributed by atoms with Crippen molar-refractivity contribution in [1.29, 1.82) is 0 Å². The molecule has 92 valence electrons. The molecule has 4 heteroatoms. The van der Waals surface area contributed by atoms with Crippen LogP contribution in [0.3, 0.4) is 0 Å². The number of nitrogens with zero attached hydrogens (tertiary/aromatic N) is 2. The fourth-order valence-electron chi connectivity index (χ4n) is 1.95. The van der Waals surface area contributed by atoms with E-state index in [1.165, 1.54) is 0 Å². The zero-order valence-corrected chi connectivity index (χ0v) is 10.2. The normalized spacial score (nSPS) is 23.6. The van der Waals surface area contributed by atoms with E-state index in [0.29, 0.717) is 30.9 Å². The summed E-state index contributed by atoms with van der Waals surface area (Å²) in [6, 6.07) is 0. The maximum Gasteiger partial charge on any atom is 0.232 e. The van der Waals surface area contributed by atoms with Crippen molar-refractivity contribution in [2.45, 2.75) is 26.3 Å². The Kier molecular flexibility index (Phi) is 4.09. The van der Waals surface area contributed by atoms with Gasteiger partial charge in [-0.05, 0) is 24.7 Å². The van der Waals surface area contributed by atoms with Gasteiger partial charge in [-0.2, -0.15) is 0 Å². The van der Waals surface area contributed by atoms with Crippen LogP contribution in [0, 0.1) is 11.8 Å². The molecule has 0 radical (unpaired) electrons. The van der Waals surface area contributed by atoms with Crippen LogP contribution in [-0.2, 0) is 6.54 Å². The van der Waals surface area contributed by atoms with E-state index in [1.54, 1.807) is 12.4 Å². The predicted molar refractivity (Wildman–Crippen MR) is 66.4 cm³/mol. The first kappa shape index (κ1) is 12.0. The van der Waals surface area contributed by atoms with Crippen LogP contribution in [0.2, 0.25) is 0 Å². The van der Waals surface area contributed by atoms with Gasteiger partial charge < -0.3 is 10.5 Å². The number of aromatic nitrogens is 2. The van der Waals surface area contributed by atoms with Crippen LogP contribution < -0.4 is 10.5 Å². The molecule has 1 aromatic heterocycles. The highest BCUT2D eigenvalue weighted by atomic mass is 16.5. The predicted octanol–water partition coefficient (Wildman–Crippen LogP) is 1.92. The third-order valence-electron chi connectivity index (χ3n) is 3.25. The SMILES string of the molecule is CC1CC=CCC1COc1cnc(CN)cn1. The molecule has 0 aromatic carbocycles. The summed E-state index contributed by atoms with van der Waals surface area (Å²) in [5.74, 6) is 1.84. The van der Waals surface area contributed by atoms with Gasteiger partial charge in [0, 0.05) is 6.54 Å². The molecule has 0 fully saturated rings. The van der Waals surface area contributed by atoms with Crippen molar-refractivity contribution in [3.63, 3.8) is 0 Å². The molecule has 1 aliphatic rings. The molecule has 2 atom stereocenters. The van der Waals surface area contributed by atoms with Crippen LogP contribution in [-0.4, -0.2) is 16.6 Å². The van der Waals surface area contributed by atoms with Gasteiger partial charge in [0.15, 0.2) is 0 Å². The molecule has 2 N–H and O–H groups in total. The maximum absolute atomic E-state index is 5.67. The smallest absolute Gasteiger partial charge is 0.232 e. The highest BCUT2D eigenvalue weighted by Crippen LogP contribution is 2.25. The Morgan fingerprint density at radius 3 is 2.76 bits per heavy atom. The Balaban J connectivity index is 1.86. The van der Waals surface area contributed by atoms with Crippen LogP contribution >= 0.6 is 0 Å². The van der Waals surface area contributed by atoms with Crippen molar-refractivity contribution in [2.75, 3.05) is 6.61 Å². The summed E-state index contributed by atoms with van der Waals surface area (Å²) < 4.78 is 5.67. The lowest BCUT2D eigenvalue weighted by atomic mass is 9.85. The fraction of sp³-hybridized carbons (Fsp3) is 0.538. The lowest BCUT2D eigenvalue weighted by Crippen LogP contribution is -2.21. The maximum atomic E-state index is 5.67. The molecule has 2 rings (SSSR count). The zero-order valence-electron chi connectivity index (χ0n) is 10.2. The molecule has 1 aromatic rings. The number of rotatable bonds is 4. The van der Waals surface area contributed by atoms with Gasteiger partial charge in [0.1, 0.15) is 0 Å². The fourth-order valence-corrected chi connectivity index (χ4v) is 1.95. The lowest BCUT2D eigenvalue weighted by molar-refractivity contribution is 0.192. The molecule has 4 nitrogen and oxygen atoms in total. The Hall–Kier alpha value is -1.42. The summed E-state index contributed by atoms with van der Waals surface area (Å²) in [7, 11) is 0. The second-order valence-corrected chi connectivity index (χ2v) is 4.54. The van der Waals surface area contributed by atoms with Crippen molar-refractivity contribution in [1.82, 2.24) is 9.97 Å². The number of ether oxygens (including phenoxy) is 1. The van der Waals surface area contributed by atoms with E-state index in [9.17, 15) is 0 Å². The lowest BCUT2D eigenvalue weighted by Gasteiger charge is -2.24. The van der Waals surface area contributed by atoms with Crippen molar-refractivity contribution in [3.8, 4) is 5.88 Å². The van der Waals surface area contributed by atoms with Gasteiger partial charge in [-0.25, -0.2) is 4.98 Å². The van der Waals surface area contributed by atoms with Crippen LogP contribution in [0.25, 0.3) is 0 Å². The number of hydrogen-bond donors (Lipinski definition) is 1. The molecule has 1 heterocycles. The van der Waals surface area contributed by atoms with Gasteiger partial charge in [-0.1, -0.05) is 19.1 Å². The second-order valence-electron chi connectivity index (χ2n) is 4.54. The van der Waals surface area contributed by atoms with Crippen molar-refractivity contribution >= 4 is 0 Å². The van der Waals surface area contributed by atoms with E-state index in [-0.39, 0.29) is 0 Å². The average molecular weight is 233 g/mol. The van der Waals surface area contributed by atoms with Crippen molar-refractivity contribution < 1.29 is 4.74 Å². The minimum Gasteiger partial charge on any atom is -0.476 e. The molecule has 0 saturated heterocycles. The van der Waals surface area contributed by atoms with Crippen LogP contribution in [0.15, 0.2) is 24.5 Å². The first-order chi connectivity index (χ1) is 8.29. The quantitative estimate of drug-likeness (QED) is 0.807.